The number of amides is 1. The van der Waals surface area contributed by atoms with E-state index in [4.69, 9.17) is 9.72 Å². The Hall–Kier alpha value is -2.83. The minimum atomic E-state index is 0.0251. The predicted octanol–water partition coefficient (Wildman–Crippen LogP) is 2.81. The molecule has 0 aliphatic carbocycles. The lowest BCUT2D eigenvalue weighted by molar-refractivity contribution is -0.133. The summed E-state index contributed by atoms with van der Waals surface area (Å²) in [6.07, 6.45) is 3.75. The molecular formula is C23H31N5O2. The molecule has 7 heteroatoms. The van der Waals surface area contributed by atoms with Gasteiger partial charge in [-0.3, -0.25) is 4.79 Å². The Bertz CT molecular complexity index is 874. The standard InChI is InChI=1S/C23H31N5O2/c1-18-8-4-5-9-20(18)30-17-22(29)27-12-14-28(15-13-27)23-24-19(2)16-21(25-23)26-10-6-3-7-11-26/h4-5,8-9,16H,3,6-7,10-15,17H2,1-2H3. The Kier molecular flexibility index (Phi) is 6.35. The Morgan fingerprint density at radius 1 is 0.933 bits per heavy atom. The number of hydrogen-bond acceptors (Lipinski definition) is 6. The monoisotopic (exact) mass is 409 g/mol. The number of benzene rings is 1. The highest BCUT2D eigenvalue weighted by Gasteiger charge is 2.24. The number of hydrogen-bond donors (Lipinski definition) is 0. The summed E-state index contributed by atoms with van der Waals surface area (Å²) in [6, 6.07) is 9.85. The summed E-state index contributed by atoms with van der Waals surface area (Å²) < 4.78 is 5.73. The number of rotatable bonds is 5. The normalized spacial score (nSPS) is 17.2. The zero-order valence-electron chi connectivity index (χ0n) is 18.0. The van der Waals surface area contributed by atoms with Crippen LogP contribution in [0.1, 0.15) is 30.5 Å². The lowest BCUT2D eigenvalue weighted by Crippen LogP contribution is -2.50. The maximum absolute atomic E-state index is 12.6. The number of aryl methyl sites for hydroxylation is 2. The fourth-order valence-corrected chi connectivity index (χ4v) is 4.07. The molecule has 2 aliphatic heterocycles. The first-order valence-corrected chi connectivity index (χ1v) is 10.9. The van der Waals surface area contributed by atoms with Crippen LogP contribution in [0.15, 0.2) is 30.3 Å². The largest absolute Gasteiger partial charge is 0.484 e. The van der Waals surface area contributed by atoms with Crippen LogP contribution in [0.3, 0.4) is 0 Å². The average molecular weight is 410 g/mol. The van der Waals surface area contributed by atoms with E-state index in [0.29, 0.717) is 13.1 Å². The minimum Gasteiger partial charge on any atom is -0.484 e. The van der Waals surface area contributed by atoms with Gasteiger partial charge in [0.25, 0.3) is 5.91 Å². The van der Waals surface area contributed by atoms with Crippen molar-refractivity contribution in [1.82, 2.24) is 14.9 Å². The molecule has 3 heterocycles. The summed E-state index contributed by atoms with van der Waals surface area (Å²) in [6.45, 7) is 9.01. The fraction of sp³-hybridized carbons (Fsp3) is 0.522. The number of nitrogens with zero attached hydrogens (tertiary/aromatic N) is 5. The van der Waals surface area contributed by atoms with Gasteiger partial charge in [0, 0.05) is 51.0 Å². The van der Waals surface area contributed by atoms with E-state index >= 15 is 0 Å². The van der Waals surface area contributed by atoms with Gasteiger partial charge in [-0.15, -0.1) is 0 Å². The van der Waals surface area contributed by atoms with Crippen molar-refractivity contribution < 1.29 is 9.53 Å². The minimum absolute atomic E-state index is 0.0251. The van der Waals surface area contributed by atoms with Crippen LogP contribution in [0.25, 0.3) is 0 Å². The molecule has 2 saturated heterocycles. The Labute approximate surface area is 178 Å². The van der Waals surface area contributed by atoms with Gasteiger partial charge in [0.2, 0.25) is 5.95 Å². The van der Waals surface area contributed by atoms with Crippen LogP contribution in [0.2, 0.25) is 0 Å². The van der Waals surface area contributed by atoms with Gasteiger partial charge in [0.15, 0.2) is 6.61 Å². The van der Waals surface area contributed by atoms with Crippen molar-refractivity contribution in [3.8, 4) is 5.75 Å². The number of carbonyl (C=O) groups is 1. The van der Waals surface area contributed by atoms with E-state index in [-0.39, 0.29) is 12.5 Å². The lowest BCUT2D eigenvalue weighted by Gasteiger charge is -2.35. The third-order valence-corrected chi connectivity index (χ3v) is 5.87. The Balaban J connectivity index is 1.33. The first-order chi connectivity index (χ1) is 14.6. The lowest BCUT2D eigenvalue weighted by atomic mass is 10.1. The van der Waals surface area contributed by atoms with Crippen molar-refractivity contribution in [1.29, 1.82) is 0 Å². The van der Waals surface area contributed by atoms with Gasteiger partial charge in [-0.05, 0) is 44.7 Å². The van der Waals surface area contributed by atoms with Gasteiger partial charge in [-0.2, -0.15) is 4.98 Å². The predicted molar refractivity (Wildman–Crippen MR) is 118 cm³/mol. The third kappa shape index (κ3) is 4.83. The van der Waals surface area contributed by atoms with Crippen LogP contribution >= 0.6 is 0 Å². The number of piperidine rings is 1. The molecule has 2 aromatic rings. The molecule has 0 spiro atoms. The maximum Gasteiger partial charge on any atom is 0.260 e. The molecule has 30 heavy (non-hydrogen) atoms. The quantitative estimate of drug-likeness (QED) is 0.757. The first-order valence-electron chi connectivity index (χ1n) is 10.9. The van der Waals surface area contributed by atoms with Crippen molar-refractivity contribution in [2.45, 2.75) is 33.1 Å². The zero-order chi connectivity index (χ0) is 20.9. The number of para-hydroxylation sites is 1. The number of aromatic nitrogens is 2. The highest BCUT2D eigenvalue weighted by molar-refractivity contribution is 5.78. The molecule has 1 amide bonds. The van der Waals surface area contributed by atoms with Gasteiger partial charge in [0.1, 0.15) is 11.6 Å². The van der Waals surface area contributed by atoms with Crippen LogP contribution in [0, 0.1) is 13.8 Å². The molecule has 0 unspecified atom stereocenters. The summed E-state index contributed by atoms with van der Waals surface area (Å²) in [5.74, 6) is 2.60. The second-order valence-corrected chi connectivity index (χ2v) is 8.14. The van der Waals surface area contributed by atoms with Crippen molar-refractivity contribution in [3.05, 3.63) is 41.6 Å². The second kappa shape index (κ2) is 9.32. The van der Waals surface area contributed by atoms with E-state index < -0.39 is 0 Å². The van der Waals surface area contributed by atoms with E-state index in [9.17, 15) is 4.79 Å². The SMILES string of the molecule is Cc1cc(N2CCCCC2)nc(N2CCN(C(=O)COc3ccccc3C)CC2)n1. The van der Waals surface area contributed by atoms with Crippen molar-refractivity contribution in [3.63, 3.8) is 0 Å². The molecule has 7 nitrogen and oxygen atoms in total. The van der Waals surface area contributed by atoms with E-state index in [1.54, 1.807) is 0 Å². The molecule has 160 valence electrons. The molecule has 0 radical (unpaired) electrons. The molecular weight excluding hydrogens is 378 g/mol. The van der Waals surface area contributed by atoms with Gasteiger partial charge in [-0.25, -0.2) is 4.98 Å². The van der Waals surface area contributed by atoms with Crippen LogP contribution in [-0.2, 0) is 4.79 Å². The summed E-state index contributed by atoms with van der Waals surface area (Å²) in [5, 5.41) is 0. The van der Waals surface area contributed by atoms with Crippen LogP contribution in [-0.4, -0.2) is 66.7 Å². The highest BCUT2D eigenvalue weighted by atomic mass is 16.5. The second-order valence-electron chi connectivity index (χ2n) is 8.14. The first kappa shape index (κ1) is 20.4. The smallest absolute Gasteiger partial charge is 0.260 e. The van der Waals surface area contributed by atoms with Crippen molar-refractivity contribution >= 4 is 17.7 Å². The Morgan fingerprint density at radius 3 is 2.40 bits per heavy atom. The van der Waals surface area contributed by atoms with Gasteiger partial charge in [-0.1, -0.05) is 18.2 Å². The average Bonchev–Trinajstić information content (AvgIpc) is 2.78. The molecule has 2 aliphatic rings. The summed E-state index contributed by atoms with van der Waals surface area (Å²) >= 11 is 0. The molecule has 1 aromatic heterocycles. The number of anilines is 2. The summed E-state index contributed by atoms with van der Waals surface area (Å²) in [4.78, 5) is 28.5. The van der Waals surface area contributed by atoms with Crippen LogP contribution in [0.5, 0.6) is 5.75 Å². The molecule has 0 saturated carbocycles. The van der Waals surface area contributed by atoms with E-state index in [2.05, 4.69) is 20.9 Å². The molecule has 4 rings (SSSR count). The van der Waals surface area contributed by atoms with Crippen LogP contribution in [0.4, 0.5) is 11.8 Å². The zero-order valence-corrected chi connectivity index (χ0v) is 18.0. The molecule has 2 fully saturated rings. The molecule has 0 atom stereocenters. The van der Waals surface area contributed by atoms with Crippen LogP contribution < -0.4 is 14.5 Å². The summed E-state index contributed by atoms with van der Waals surface area (Å²) in [5.41, 5.74) is 2.03. The van der Waals surface area contributed by atoms with Gasteiger partial charge in [0.05, 0.1) is 0 Å². The Morgan fingerprint density at radius 2 is 1.67 bits per heavy atom. The molecule has 1 aromatic carbocycles. The summed E-state index contributed by atoms with van der Waals surface area (Å²) in [7, 11) is 0. The fourth-order valence-electron chi connectivity index (χ4n) is 4.07. The third-order valence-electron chi connectivity index (χ3n) is 5.87. The molecule has 0 N–H and O–H groups in total. The number of piperazine rings is 1. The van der Waals surface area contributed by atoms with E-state index in [0.717, 1.165) is 55.0 Å². The van der Waals surface area contributed by atoms with E-state index in [1.165, 1.54) is 19.3 Å². The highest BCUT2D eigenvalue weighted by Crippen LogP contribution is 2.22. The topological polar surface area (TPSA) is 61.8 Å². The van der Waals surface area contributed by atoms with Gasteiger partial charge < -0.3 is 19.4 Å². The molecule has 0 bridgehead atoms. The maximum atomic E-state index is 12.6. The number of ether oxygens (including phenoxy) is 1. The van der Waals surface area contributed by atoms with Crippen molar-refractivity contribution in [2.75, 3.05) is 55.7 Å². The van der Waals surface area contributed by atoms with Crippen molar-refractivity contribution in [2.24, 2.45) is 0 Å². The van der Waals surface area contributed by atoms with Gasteiger partial charge >= 0.3 is 0 Å². The van der Waals surface area contributed by atoms with E-state index in [1.807, 2.05) is 43.0 Å². The number of carbonyl (C=O) groups excluding carboxylic acids is 1.